The Morgan fingerprint density at radius 1 is 0.894 bits per heavy atom. The Morgan fingerprint density at radius 2 is 1.62 bits per heavy atom. The number of aromatic carboxylic acids is 1. The Bertz CT molecular complexity index is 1990. The van der Waals surface area contributed by atoms with Crippen molar-refractivity contribution in [2.75, 3.05) is 6.54 Å². The molecule has 1 saturated carbocycles. The molecule has 0 unspecified atom stereocenters. The van der Waals surface area contributed by atoms with E-state index in [1.54, 1.807) is 54.6 Å². The zero-order valence-corrected chi connectivity index (χ0v) is 26.0. The highest BCUT2D eigenvalue weighted by molar-refractivity contribution is 6.30. The van der Waals surface area contributed by atoms with Gasteiger partial charge in [0.1, 0.15) is 30.5 Å². The number of benzene rings is 4. The van der Waals surface area contributed by atoms with E-state index in [0.29, 0.717) is 21.9 Å². The van der Waals surface area contributed by atoms with E-state index in [-0.39, 0.29) is 35.1 Å². The first-order valence-electron chi connectivity index (χ1n) is 15.2. The average Bonchev–Trinajstić information content (AvgIpc) is 3.45. The van der Waals surface area contributed by atoms with Crippen LogP contribution in [0.4, 0.5) is 4.39 Å². The van der Waals surface area contributed by atoms with E-state index in [2.05, 4.69) is 5.32 Å². The number of hydrogen-bond donors (Lipinski definition) is 3. The van der Waals surface area contributed by atoms with Gasteiger partial charge in [0.25, 0.3) is 5.91 Å². The number of aliphatic carboxylic acids is 1. The average molecular weight is 656 g/mol. The maximum absolute atomic E-state index is 15.9. The van der Waals surface area contributed by atoms with Crippen LogP contribution in [0.15, 0.2) is 78.9 Å². The Balaban J connectivity index is 1.31. The SMILES string of the molecule is O=C(O)CNC(=O)c1ccc(-c2ccc(Cl)cc2)c(COc2ccc(-c3nc4cc(C(=O)O)ccc4n3C3CCCCC3)c(F)c2)c1. The van der Waals surface area contributed by atoms with Crippen molar-refractivity contribution in [3.8, 4) is 28.3 Å². The number of carboxylic acid groups (broad SMARTS) is 2. The lowest BCUT2D eigenvalue weighted by Gasteiger charge is -2.25. The van der Waals surface area contributed by atoms with Crippen LogP contribution >= 0.6 is 11.6 Å². The van der Waals surface area contributed by atoms with Gasteiger partial charge in [-0.1, -0.05) is 49.1 Å². The number of halogens is 2. The highest BCUT2D eigenvalue weighted by Gasteiger charge is 2.25. The molecular weight excluding hydrogens is 625 g/mol. The minimum absolute atomic E-state index is 0.0185. The fourth-order valence-electron chi connectivity index (χ4n) is 6.08. The number of carbonyl (C=O) groups is 3. The predicted octanol–water partition coefficient (Wildman–Crippen LogP) is 7.76. The molecule has 240 valence electrons. The van der Waals surface area contributed by atoms with Gasteiger partial charge in [0.05, 0.1) is 22.2 Å². The fraction of sp³-hybridized carbons (Fsp3) is 0.222. The van der Waals surface area contributed by atoms with E-state index in [9.17, 15) is 19.5 Å². The molecule has 0 aliphatic heterocycles. The molecule has 1 aliphatic rings. The number of fused-ring (bicyclic) bond motifs is 1. The molecule has 0 saturated heterocycles. The molecule has 1 fully saturated rings. The van der Waals surface area contributed by atoms with E-state index in [1.165, 1.54) is 12.1 Å². The summed E-state index contributed by atoms with van der Waals surface area (Å²) in [6, 6.07) is 21.6. The number of carboxylic acids is 2. The Kier molecular flexibility index (Phi) is 9.22. The molecule has 1 aliphatic carbocycles. The number of nitrogens with zero attached hydrogens (tertiary/aromatic N) is 2. The van der Waals surface area contributed by atoms with E-state index < -0.39 is 30.2 Å². The van der Waals surface area contributed by atoms with Crippen LogP contribution in [0.1, 0.15) is 64.4 Å². The van der Waals surface area contributed by atoms with Crippen LogP contribution < -0.4 is 10.1 Å². The molecule has 1 amide bonds. The maximum atomic E-state index is 15.9. The summed E-state index contributed by atoms with van der Waals surface area (Å²) in [4.78, 5) is 39.9. The second kappa shape index (κ2) is 13.6. The standard InChI is InChI=1S/C36H31ClFN3O6/c37-25-10-6-21(7-11-25)28-13-8-22(35(44)39-19-33(42)43)16-24(28)20-47-27-12-14-29(30(38)18-27)34-40-31-17-23(36(45)46)9-15-32(31)41(34)26-4-2-1-3-5-26/h6-18,26H,1-5,19-20H2,(H,39,44)(H,42,43)(H,45,46). The first kappa shape index (κ1) is 31.7. The highest BCUT2D eigenvalue weighted by atomic mass is 35.5. The van der Waals surface area contributed by atoms with Gasteiger partial charge in [-0.05, 0) is 84.1 Å². The number of aromatic nitrogens is 2. The molecule has 0 atom stereocenters. The number of hydrogen-bond acceptors (Lipinski definition) is 5. The van der Waals surface area contributed by atoms with Gasteiger partial charge in [-0.25, -0.2) is 14.2 Å². The van der Waals surface area contributed by atoms with Crippen LogP contribution in [0.3, 0.4) is 0 Å². The van der Waals surface area contributed by atoms with Crippen molar-refractivity contribution in [2.24, 2.45) is 0 Å². The quantitative estimate of drug-likeness (QED) is 0.140. The fourth-order valence-corrected chi connectivity index (χ4v) is 6.21. The number of nitrogens with one attached hydrogen (secondary N) is 1. The van der Waals surface area contributed by atoms with E-state index >= 15 is 4.39 Å². The third kappa shape index (κ3) is 6.97. The molecule has 5 aromatic rings. The topological polar surface area (TPSA) is 131 Å². The zero-order chi connectivity index (χ0) is 33.1. The summed E-state index contributed by atoms with van der Waals surface area (Å²) >= 11 is 6.08. The smallest absolute Gasteiger partial charge is 0.335 e. The van der Waals surface area contributed by atoms with Gasteiger partial charge in [-0.15, -0.1) is 0 Å². The summed E-state index contributed by atoms with van der Waals surface area (Å²) in [7, 11) is 0. The van der Waals surface area contributed by atoms with Crippen molar-refractivity contribution in [2.45, 2.75) is 44.8 Å². The lowest BCUT2D eigenvalue weighted by molar-refractivity contribution is -0.135. The summed E-state index contributed by atoms with van der Waals surface area (Å²) in [6.45, 7) is -0.542. The van der Waals surface area contributed by atoms with E-state index in [1.807, 2.05) is 16.7 Å². The van der Waals surface area contributed by atoms with Crippen LogP contribution in [0.5, 0.6) is 5.75 Å². The molecule has 0 radical (unpaired) electrons. The summed E-state index contributed by atoms with van der Waals surface area (Å²) in [5, 5.41) is 21.4. The van der Waals surface area contributed by atoms with Crippen LogP contribution in [0.25, 0.3) is 33.5 Å². The molecule has 47 heavy (non-hydrogen) atoms. The second-order valence-corrected chi connectivity index (χ2v) is 11.9. The number of carbonyl (C=O) groups excluding carboxylic acids is 1. The van der Waals surface area contributed by atoms with Crippen LogP contribution in [-0.2, 0) is 11.4 Å². The van der Waals surface area contributed by atoms with Crippen molar-refractivity contribution in [1.82, 2.24) is 14.9 Å². The number of imidazole rings is 1. The predicted molar refractivity (Wildman–Crippen MR) is 175 cm³/mol. The van der Waals surface area contributed by atoms with Crippen molar-refractivity contribution in [3.05, 3.63) is 106 Å². The Morgan fingerprint density at radius 3 is 2.32 bits per heavy atom. The summed E-state index contributed by atoms with van der Waals surface area (Å²) in [6.07, 6.45) is 5.08. The molecule has 9 nitrogen and oxygen atoms in total. The molecule has 11 heteroatoms. The minimum atomic E-state index is -1.16. The normalized spacial score (nSPS) is 13.4. The number of ether oxygens (including phenoxy) is 1. The highest BCUT2D eigenvalue weighted by Crippen LogP contribution is 2.38. The molecule has 4 aromatic carbocycles. The van der Waals surface area contributed by atoms with Gasteiger partial charge in [0.2, 0.25) is 0 Å². The number of amides is 1. The molecule has 6 rings (SSSR count). The minimum Gasteiger partial charge on any atom is -0.489 e. The maximum Gasteiger partial charge on any atom is 0.335 e. The summed E-state index contributed by atoms with van der Waals surface area (Å²) < 4.78 is 24.0. The van der Waals surface area contributed by atoms with E-state index in [4.69, 9.17) is 26.4 Å². The molecule has 0 spiro atoms. The first-order valence-corrected chi connectivity index (χ1v) is 15.6. The van der Waals surface area contributed by atoms with E-state index in [0.717, 1.165) is 48.7 Å². The largest absolute Gasteiger partial charge is 0.489 e. The lowest BCUT2D eigenvalue weighted by atomic mass is 9.94. The van der Waals surface area contributed by atoms with Crippen molar-refractivity contribution in [3.63, 3.8) is 0 Å². The monoisotopic (exact) mass is 655 g/mol. The van der Waals surface area contributed by atoms with Gasteiger partial charge in [-0.3, -0.25) is 9.59 Å². The molecule has 0 bridgehead atoms. The third-order valence-corrected chi connectivity index (χ3v) is 8.63. The molecule has 1 aromatic heterocycles. The molecule has 3 N–H and O–H groups in total. The van der Waals surface area contributed by atoms with Gasteiger partial charge in [0.15, 0.2) is 0 Å². The summed E-state index contributed by atoms with van der Waals surface area (Å²) in [5.74, 6) is -2.63. The summed E-state index contributed by atoms with van der Waals surface area (Å²) in [5.41, 5.74) is 4.09. The van der Waals surface area contributed by atoms with Crippen LogP contribution in [0.2, 0.25) is 5.02 Å². The van der Waals surface area contributed by atoms with Crippen molar-refractivity contribution in [1.29, 1.82) is 0 Å². The van der Waals surface area contributed by atoms with Gasteiger partial charge in [0, 0.05) is 22.7 Å². The number of rotatable bonds is 10. The van der Waals surface area contributed by atoms with Gasteiger partial charge < -0.3 is 24.8 Å². The van der Waals surface area contributed by atoms with Crippen LogP contribution in [-0.4, -0.2) is 44.2 Å². The zero-order valence-electron chi connectivity index (χ0n) is 25.2. The van der Waals surface area contributed by atoms with Crippen molar-refractivity contribution < 1.29 is 33.7 Å². The Labute approximate surface area is 274 Å². The molecular formula is C36H31ClFN3O6. The third-order valence-electron chi connectivity index (χ3n) is 8.37. The second-order valence-electron chi connectivity index (χ2n) is 11.5. The lowest BCUT2D eigenvalue weighted by Crippen LogP contribution is -2.29. The molecule has 1 heterocycles. The van der Waals surface area contributed by atoms with Gasteiger partial charge in [-0.2, -0.15) is 0 Å². The first-order chi connectivity index (χ1) is 22.7. The van der Waals surface area contributed by atoms with Crippen LogP contribution in [0, 0.1) is 5.82 Å². The van der Waals surface area contributed by atoms with Crippen molar-refractivity contribution >= 4 is 40.5 Å². The Hall–Kier alpha value is -5.22. The van der Waals surface area contributed by atoms with Gasteiger partial charge >= 0.3 is 11.9 Å².